The first-order chi connectivity index (χ1) is 13.6. The minimum absolute atomic E-state index is 0.0129. The van der Waals surface area contributed by atoms with Crippen molar-refractivity contribution in [3.63, 3.8) is 0 Å². The van der Waals surface area contributed by atoms with Gasteiger partial charge in [0.15, 0.2) is 11.6 Å². The first kappa shape index (κ1) is 17.6. The van der Waals surface area contributed by atoms with E-state index in [4.69, 9.17) is 21.7 Å². The predicted octanol–water partition coefficient (Wildman–Crippen LogP) is 4.35. The normalized spacial score (nSPS) is 17.4. The maximum Gasteiger partial charge on any atom is 0.251 e. The van der Waals surface area contributed by atoms with Crippen LogP contribution in [0.15, 0.2) is 29.1 Å². The Morgan fingerprint density at radius 3 is 2.57 bits per heavy atom. The van der Waals surface area contributed by atoms with Crippen LogP contribution in [0.2, 0.25) is 5.02 Å². The van der Waals surface area contributed by atoms with Gasteiger partial charge in [0.1, 0.15) is 17.3 Å². The topological polar surface area (TPSA) is 76.5 Å². The minimum atomic E-state index is -0.492. The summed E-state index contributed by atoms with van der Waals surface area (Å²) >= 11 is 5.99. The molecule has 0 unspecified atom stereocenters. The first-order valence-corrected chi connectivity index (χ1v) is 10.0. The predicted molar refractivity (Wildman–Crippen MR) is 103 cm³/mol. The lowest BCUT2D eigenvalue weighted by atomic mass is 10.1. The van der Waals surface area contributed by atoms with Crippen LogP contribution in [0, 0.1) is 5.82 Å². The van der Waals surface area contributed by atoms with Crippen LogP contribution in [0.5, 0.6) is 0 Å². The van der Waals surface area contributed by atoms with E-state index < -0.39 is 5.82 Å². The van der Waals surface area contributed by atoms with E-state index in [1.165, 1.54) is 18.2 Å². The number of aromatic nitrogens is 5. The highest BCUT2D eigenvalue weighted by Crippen LogP contribution is 2.38. The maximum atomic E-state index is 13.7. The molecule has 2 aliphatic carbocycles. The Kier molecular flexibility index (Phi) is 4.27. The molecule has 2 aromatic heterocycles. The summed E-state index contributed by atoms with van der Waals surface area (Å²) in [6.07, 6.45) is 6.46. The third-order valence-corrected chi connectivity index (χ3v) is 5.73. The van der Waals surface area contributed by atoms with Crippen LogP contribution >= 0.6 is 11.6 Å². The molecule has 0 spiro atoms. The molecule has 1 aromatic carbocycles. The van der Waals surface area contributed by atoms with Gasteiger partial charge in [0.05, 0.1) is 10.7 Å². The van der Waals surface area contributed by atoms with Gasteiger partial charge in [0.25, 0.3) is 5.56 Å². The van der Waals surface area contributed by atoms with Crippen molar-refractivity contribution in [3.05, 3.63) is 57.1 Å². The third-order valence-electron chi connectivity index (χ3n) is 5.44. The lowest BCUT2D eigenvalue weighted by Crippen LogP contribution is -2.12. The molecule has 2 heterocycles. The fourth-order valence-electron chi connectivity index (χ4n) is 3.79. The fraction of sp³-hybridized carbons (Fsp3) is 0.400. The molecular formula is C20H19ClFN5O. The number of H-pyrrole nitrogens is 1. The van der Waals surface area contributed by atoms with E-state index in [1.807, 2.05) is 0 Å². The van der Waals surface area contributed by atoms with Gasteiger partial charge in [-0.3, -0.25) is 4.79 Å². The van der Waals surface area contributed by atoms with Crippen LogP contribution in [0.4, 0.5) is 4.39 Å². The summed E-state index contributed by atoms with van der Waals surface area (Å²) in [7, 11) is 0. The number of nitrogens with one attached hydrogen (secondary N) is 1. The van der Waals surface area contributed by atoms with Gasteiger partial charge in [-0.1, -0.05) is 24.4 Å². The molecule has 3 aromatic rings. The zero-order chi connectivity index (χ0) is 19.3. The standard InChI is InChI=1S/C20H19ClFN5O/c21-14-9-13(7-8-15(14)22)27-20(25-19(26-27)11-3-1-2-4-11)16-10-17(28)24-18(23-16)12-5-6-12/h7-12H,1-6H2,(H,23,24,28). The minimum Gasteiger partial charge on any atom is -0.310 e. The van der Waals surface area contributed by atoms with Crippen LogP contribution in [-0.4, -0.2) is 24.7 Å². The Balaban J connectivity index is 1.67. The van der Waals surface area contributed by atoms with Crippen LogP contribution in [0.3, 0.4) is 0 Å². The number of hydrogen-bond donors (Lipinski definition) is 1. The van der Waals surface area contributed by atoms with Crippen LogP contribution < -0.4 is 5.56 Å². The van der Waals surface area contributed by atoms with Crippen molar-refractivity contribution in [2.75, 3.05) is 0 Å². The average molecular weight is 400 g/mol. The Labute approximate surface area is 165 Å². The van der Waals surface area contributed by atoms with E-state index in [1.54, 1.807) is 10.7 Å². The van der Waals surface area contributed by atoms with E-state index >= 15 is 0 Å². The third kappa shape index (κ3) is 3.24. The Hall–Kier alpha value is -2.54. The van der Waals surface area contributed by atoms with Crippen molar-refractivity contribution in [1.82, 2.24) is 24.7 Å². The molecule has 28 heavy (non-hydrogen) atoms. The highest BCUT2D eigenvalue weighted by atomic mass is 35.5. The molecule has 0 aliphatic heterocycles. The Bertz CT molecular complexity index is 1100. The lowest BCUT2D eigenvalue weighted by Gasteiger charge is -2.07. The monoisotopic (exact) mass is 399 g/mol. The SMILES string of the molecule is O=c1cc(-c2nc(C3CCCC3)nn2-c2ccc(F)c(Cl)c2)nc(C2CC2)[nH]1. The van der Waals surface area contributed by atoms with E-state index in [-0.39, 0.29) is 10.6 Å². The molecule has 6 nitrogen and oxygen atoms in total. The largest absolute Gasteiger partial charge is 0.310 e. The number of nitrogens with zero attached hydrogens (tertiary/aromatic N) is 4. The molecule has 0 bridgehead atoms. The van der Waals surface area contributed by atoms with Crippen molar-refractivity contribution in [2.24, 2.45) is 0 Å². The smallest absolute Gasteiger partial charge is 0.251 e. The lowest BCUT2D eigenvalue weighted by molar-refractivity contribution is 0.627. The van der Waals surface area contributed by atoms with Crippen molar-refractivity contribution in [2.45, 2.75) is 50.4 Å². The van der Waals surface area contributed by atoms with Crippen molar-refractivity contribution in [3.8, 4) is 17.2 Å². The van der Waals surface area contributed by atoms with Gasteiger partial charge in [-0.25, -0.2) is 19.0 Å². The number of halogens is 2. The van der Waals surface area contributed by atoms with Gasteiger partial charge < -0.3 is 4.98 Å². The quantitative estimate of drug-likeness (QED) is 0.707. The molecule has 8 heteroatoms. The summed E-state index contributed by atoms with van der Waals surface area (Å²) in [4.78, 5) is 24.4. The molecule has 144 valence electrons. The highest BCUT2D eigenvalue weighted by Gasteiger charge is 2.28. The molecular weight excluding hydrogens is 381 g/mol. The molecule has 2 fully saturated rings. The Morgan fingerprint density at radius 2 is 1.86 bits per heavy atom. The average Bonchev–Trinajstić information content (AvgIpc) is 3.21. The van der Waals surface area contributed by atoms with Crippen LogP contribution in [0.1, 0.15) is 62.0 Å². The van der Waals surface area contributed by atoms with Crippen molar-refractivity contribution >= 4 is 11.6 Å². The van der Waals surface area contributed by atoms with Gasteiger partial charge in [0.2, 0.25) is 0 Å². The molecule has 5 rings (SSSR count). The second-order valence-corrected chi connectivity index (χ2v) is 7.98. The summed E-state index contributed by atoms with van der Waals surface area (Å²) in [6.45, 7) is 0. The summed E-state index contributed by atoms with van der Waals surface area (Å²) in [6, 6.07) is 5.87. The van der Waals surface area contributed by atoms with Gasteiger partial charge >= 0.3 is 0 Å². The summed E-state index contributed by atoms with van der Waals surface area (Å²) < 4.78 is 15.3. The second kappa shape index (κ2) is 6.81. The van der Waals surface area contributed by atoms with Crippen molar-refractivity contribution in [1.29, 1.82) is 0 Å². The van der Waals surface area contributed by atoms with E-state index in [2.05, 4.69) is 9.97 Å². The molecule has 0 radical (unpaired) electrons. The molecule has 1 N–H and O–H groups in total. The van der Waals surface area contributed by atoms with Gasteiger partial charge in [0, 0.05) is 17.9 Å². The van der Waals surface area contributed by atoms with E-state index in [9.17, 15) is 9.18 Å². The number of rotatable bonds is 4. The number of hydrogen-bond acceptors (Lipinski definition) is 4. The summed E-state index contributed by atoms with van der Waals surface area (Å²) in [5, 5.41) is 4.71. The molecule has 2 saturated carbocycles. The molecule has 0 saturated heterocycles. The zero-order valence-corrected chi connectivity index (χ0v) is 15.9. The summed E-state index contributed by atoms with van der Waals surface area (Å²) in [5.74, 6) is 2.02. The van der Waals surface area contributed by atoms with Gasteiger partial charge in [-0.05, 0) is 43.9 Å². The van der Waals surface area contributed by atoms with Gasteiger partial charge in [-0.2, -0.15) is 5.10 Å². The fourth-order valence-corrected chi connectivity index (χ4v) is 3.96. The zero-order valence-electron chi connectivity index (χ0n) is 15.2. The maximum absolute atomic E-state index is 13.7. The first-order valence-electron chi connectivity index (χ1n) is 9.62. The van der Waals surface area contributed by atoms with Crippen LogP contribution in [-0.2, 0) is 0 Å². The Morgan fingerprint density at radius 1 is 1.07 bits per heavy atom. The molecule has 2 aliphatic rings. The number of benzene rings is 1. The molecule has 0 atom stereocenters. The van der Waals surface area contributed by atoms with E-state index in [0.29, 0.717) is 34.9 Å². The highest BCUT2D eigenvalue weighted by molar-refractivity contribution is 6.30. The summed E-state index contributed by atoms with van der Waals surface area (Å²) in [5.41, 5.74) is 0.858. The number of aromatic amines is 1. The second-order valence-electron chi connectivity index (χ2n) is 7.58. The van der Waals surface area contributed by atoms with Crippen LogP contribution in [0.25, 0.3) is 17.2 Å². The molecule has 0 amide bonds. The van der Waals surface area contributed by atoms with Gasteiger partial charge in [-0.15, -0.1) is 0 Å². The van der Waals surface area contributed by atoms with Crippen molar-refractivity contribution < 1.29 is 4.39 Å². The van der Waals surface area contributed by atoms with E-state index in [0.717, 1.165) is 44.3 Å².